The standard InChI is InChI=1S/C19H21F3N2O4/c1-10-14(15(25)26)23-17(18(2,3)4)24(10)9-11-7-6-8-12(16(27)28-5)13(11)19(20,21)22/h6-8H,9H2,1-5H3,(H,25,26). The van der Waals surface area contributed by atoms with Gasteiger partial charge in [0, 0.05) is 17.7 Å². The van der Waals surface area contributed by atoms with Crippen molar-refractivity contribution in [3.63, 3.8) is 0 Å². The number of hydrogen-bond acceptors (Lipinski definition) is 4. The van der Waals surface area contributed by atoms with Gasteiger partial charge in [0.05, 0.1) is 18.2 Å². The van der Waals surface area contributed by atoms with E-state index in [-0.39, 0.29) is 23.5 Å². The molecular formula is C19H21F3N2O4. The van der Waals surface area contributed by atoms with Crippen LogP contribution in [0.1, 0.15) is 64.3 Å². The molecule has 0 fully saturated rings. The van der Waals surface area contributed by atoms with Gasteiger partial charge in [0.15, 0.2) is 5.69 Å². The molecule has 0 spiro atoms. The lowest BCUT2D eigenvalue weighted by molar-refractivity contribution is -0.138. The first-order valence-electron chi connectivity index (χ1n) is 8.37. The molecule has 0 atom stereocenters. The van der Waals surface area contributed by atoms with Crippen molar-refractivity contribution in [1.82, 2.24) is 9.55 Å². The van der Waals surface area contributed by atoms with Crippen molar-refractivity contribution < 1.29 is 32.6 Å². The number of carboxylic acids is 1. The summed E-state index contributed by atoms with van der Waals surface area (Å²) in [5.74, 6) is -2.03. The lowest BCUT2D eigenvalue weighted by Gasteiger charge is -2.22. The highest BCUT2D eigenvalue weighted by atomic mass is 19.4. The van der Waals surface area contributed by atoms with Gasteiger partial charge in [0.2, 0.25) is 0 Å². The molecule has 0 aliphatic heterocycles. The molecule has 9 heteroatoms. The summed E-state index contributed by atoms with van der Waals surface area (Å²) in [6.45, 7) is 6.55. The first kappa shape index (κ1) is 21.5. The summed E-state index contributed by atoms with van der Waals surface area (Å²) >= 11 is 0. The van der Waals surface area contributed by atoms with Crippen molar-refractivity contribution >= 4 is 11.9 Å². The predicted molar refractivity (Wildman–Crippen MR) is 94.5 cm³/mol. The zero-order chi connectivity index (χ0) is 21.4. The Hall–Kier alpha value is -2.84. The van der Waals surface area contributed by atoms with Crippen LogP contribution in [0.3, 0.4) is 0 Å². The van der Waals surface area contributed by atoms with Crippen molar-refractivity contribution in [2.75, 3.05) is 7.11 Å². The molecule has 28 heavy (non-hydrogen) atoms. The average Bonchev–Trinajstić information content (AvgIpc) is 2.90. The van der Waals surface area contributed by atoms with Crippen LogP contribution in [0.2, 0.25) is 0 Å². The fraction of sp³-hybridized carbons (Fsp3) is 0.421. The van der Waals surface area contributed by atoms with Gasteiger partial charge in [-0.2, -0.15) is 13.2 Å². The number of carbonyl (C=O) groups is 2. The largest absolute Gasteiger partial charge is 0.476 e. The van der Waals surface area contributed by atoms with Gasteiger partial charge in [-0.05, 0) is 18.6 Å². The Morgan fingerprint density at radius 3 is 2.29 bits per heavy atom. The lowest BCUT2D eigenvalue weighted by atomic mass is 9.95. The lowest BCUT2D eigenvalue weighted by Crippen LogP contribution is -2.23. The minimum Gasteiger partial charge on any atom is -0.476 e. The SMILES string of the molecule is COC(=O)c1cccc(Cn2c(C(C)(C)C)nc(C(=O)O)c2C)c1C(F)(F)F. The molecule has 0 aliphatic rings. The normalized spacial score (nSPS) is 12.1. The van der Waals surface area contributed by atoms with E-state index < -0.39 is 34.7 Å². The number of rotatable bonds is 4. The van der Waals surface area contributed by atoms with Crippen LogP contribution in [0, 0.1) is 6.92 Å². The number of halogens is 3. The van der Waals surface area contributed by atoms with Crippen LogP contribution in [0.15, 0.2) is 18.2 Å². The predicted octanol–water partition coefficient (Wildman–Crippen LogP) is 4.04. The fourth-order valence-electron chi connectivity index (χ4n) is 3.02. The Balaban J connectivity index is 2.73. The number of carbonyl (C=O) groups excluding carboxylic acids is 1. The maximum atomic E-state index is 13.7. The number of benzene rings is 1. The molecular weight excluding hydrogens is 377 g/mol. The summed E-state index contributed by atoms with van der Waals surface area (Å²) in [4.78, 5) is 27.4. The Labute approximate surface area is 160 Å². The smallest absolute Gasteiger partial charge is 0.417 e. The van der Waals surface area contributed by atoms with E-state index in [4.69, 9.17) is 0 Å². The Kier molecular flexibility index (Phi) is 5.59. The van der Waals surface area contributed by atoms with Crippen molar-refractivity contribution in [2.45, 2.75) is 45.8 Å². The van der Waals surface area contributed by atoms with Crippen molar-refractivity contribution in [3.05, 3.63) is 52.1 Å². The van der Waals surface area contributed by atoms with Crippen LogP contribution in [-0.4, -0.2) is 33.7 Å². The molecule has 0 radical (unpaired) electrons. The molecule has 2 rings (SSSR count). The van der Waals surface area contributed by atoms with Crippen LogP contribution in [0.5, 0.6) is 0 Å². The summed E-state index contributed by atoms with van der Waals surface area (Å²) in [7, 11) is 1.01. The summed E-state index contributed by atoms with van der Waals surface area (Å²) in [5.41, 5.74) is -2.49. The molecule has 1 N–H and O–H groups in total. The third-order valence-electron chi connectivity index (χ3n) is 4.26. The summed E-state index contributed by atoms with van der Waals surface area (Å²) in [6, 6.07) is 3.63. The van der Waals surface area contributed by atoms with Crippen molar-refractivity contribution in [3.8, 4) is 0 Å². The molecule has 0 amide bonds. The minimum absolute atomic E-state index is 0.182. The number of hydrogen-bond donors (Lipinski definition) is 1. The number of methoxy groups -OCH3 is 1. The first-order chi connectivity index (χ1) is 12.8. The molecule has 1 aromatic carbocycles. The molecule has 6 nitrogen and oxygen atoms in total. The topological polar surface area (TPSA) is 81.4 Å². The number of imidazole rings is 1. The Bertz CT molecular complexity index is 924. The number of esters is 1. The average molecular weight is 398 g/mol. The summed E-state index contributed by atoms with van der Waals surface area (Å²) in [5, 5.41) is 9.35. The second-order valence-corrected chi connectivity index (χ2v) is 7.34. The molecule has 2 aromatic rings. The van der Waals surface area contributed by atoms with E-state index in [1.54, 1.807) is 20.8 Å². The van der Waals surface area contributed by atoms with Gasteiger partial charge in [-0.25, -0.2) is 14.6 Å². The number of nitrogens with zero attached hydrogens (tertiary/aromatic N) is 2. The fourth-order valence-corrected chi connectivity index (χ4v) is 3.02. The minimum atomic E-state index is -4.80. The first-order valence-corrected chi connectivity index (χ1v) is 8.37. The second kappa shape index (κ2) is 7.29. The van der Waals surface area contributed by atoms with Crippen LogP contribution in [0.4, 0.5) is 13.2 Å². The zero-order valence-electron chi connectivity index (χ0n) is 16.1. The maximum Gasteiger partial charge on any atom is 0.417 e. The van der Waals surface area contributed by atoms with E-state index >= 15 is 0 Å². The highest BCUT2D eigenvalue weighted by Crippen LogP contribution is 2.36. The van der Waals surface area contributed by atoms with E-state index in [9.17, 15) is 27.9 Å². The van der Waals surface area contributed by atoms with Crippen LogP contribution < -0.4 is 0 Å². The molecule has 0 bridgehead atoms. The highest BCUT2D eigenvalue weighted by Gasteiger charge is 2.39. The monoisotopic (exact) mass is 398 g/mol. The second-order valence-electron chi connectivity index (χ2n) is 7.34. The highest BCUT2D eigenvalue weighted by molar-refractivity contribution is 5.91. The van der Waals surface area contributed by atoms with E-state index in [0.717, 1.165) is 13.2 Å². The quantitative estimate of drug-likeness (QED) is 0.786. The number of ether oxygens (including phenoxy) is 1. The summed E-state index contributed by atoms with van der Waals surface area (Å²) in [6.07, 6.45) is -4.80. The van der Waals surface area contributed by atoms with Crippen LogP contribution in [-0.2, 0) is 22.9 Å². The van der Waals surface area contributed by atoms with Crippen molar-refractivity contribution in [2.24, 2.45) is 0 Å². The molecule has 1 aromatic heterocycles. The third-order valence-corrected chi connectivity index (χ3v) is 4.26. The van der Waals surface area contributed by atoms with Crippen LogP contribution in [0.25, 0.3) is 0 Å². The van der Waals surface area contributed by atoms with Gasteiger partial charge in [-0.15, -0.1) is 0 Å². The molecule has 0 aliphatic carbocycles. The van der Waals surface area contributed by atoms with E-state index in [2.05, 4.69) is 9.72 Å². The van der Waals surface area contributed by atoms with E-state index in [1.165, 1.54) is 23.6 Å². The zero-order valence-corrected chi connectivity index (χ0v) is 16.1. The van der Waals surface area contributed by atoms with Gasteiger partial charge in [-0.1, -0.05) is 32.9 Å². The molecule has 0 saturated heterocycles. The van der Waals surface area contributed by atoms with Gasteiger partial charge < -0.3 is 14.4 Å². The van der Waals surface area contributed by atoms with Gasteiger partial charge in [0.25, 0.3) is 0 Å². The van der Waals surface area contributed by atoms with Crippen LogP contribution >= 0.6 is 0 Å². The Morgan fingerprint density at radius 2 is 1.82 bits per heavy atom. The van der Waals surface area contributed by atoms with Gasteiger partial charge in [0.1, 0.15) is 5.82 Å². The number of aromatic carboxylic acids is 1. The molecule has 152 valence electrons. The van der Waals surface area contributed by atoms with Crippen molar-refractivity contribution in [1.29, 1.82) is 0 Å². The number of alkyl halides is 3. The van der Waals surface area contributed by atoms with E-state index in [1.807, 2.05) is 0 Å². The van der Waals surface area contributed by atoms with Gasteiger partial charge >= 0.3 is 18.1 Å². The van der Waals surface area contributed by atoms with E-state index in [0.29, 0.717) is 5.82 Å². The molecule has 0 unspecified atom stereocenters. The maximum absolute atomic E-state index is 13.7. The molecule has 1 heterocycles. The Morgan fingerprint density at radius 1 is 1.21 bits per heavy atom. The molecule has 0 saturated carbocycles. The summed E-state index contributed by atoms with van der Waals surface area (Å²) < 4.78 is 47.2. The number of carboxylic acid groups (broad SMARTS) is 1. The third kappa shape index (κ3) is 4.02. The number of aromatic nitrogens is 2. The van der Waals surface area contributed by atoms with Gasteiger partial charge in [-0.3, -0.25) is 0 Å².